The zero-order valence-corrected chi connectivity index (χ0v) is 8.30. The molecule has 0 aliphatic carbocycles. The Morgan fingerprint density at radius 3 is 3.00 bits per heavy atom. The molecule has 1 heterocycles. The summed E-state index contributed by atoms with van der Waals surface area (Å²) in [5.41, 5.74) is 0.877. The SMILES string of the molecule is CCn1nccc1CC(OC)C(=O)O. The summed E-state index contributed by atoms with van der Waals surface area (Å²) in [5.74, 6) is -0.948. The van der Waals surface area contributed by atoms with Gasteiger partial charge in [0.25, 0.3) is 0 Å². The fraction of sp³-hybridized carbons (Fsp3) is 0.556. The highest BCUT2D eigenvalue weighted by molar-refractivity contribution is 5.72. The fourth-order valence-electron chi connectivity index (χ4n) is 1.28. The van der Waals surface area contributed by atoms with E-state index in [1.165, 1.54) is 7.11 Å². The summed E-state index contributed by atoms with van der Waals surface area (Å²) in [7, 11) is 1.39. The van der Waals surface area contributed by atoms with Crippen molar-refractivity contribution in [2.75, 3.05) is 7.11 Å². The standard InChI is InChI=1S/C9H14N2O3/c1-3-11-7(4-5-10-11)6-8(14-2)9(12)13/h4-5,8H,3,6H2,1-2H3,(H,12,13). The molecule has 0 bridgehead atoms. The third-order valence-corrected chi connectivity index (χ3v) is 2.06. The molecule has 1 aromatic rings. The van der Waals surface area contributed by atoms with Crippen molar-refractivity contribution < 1.29 is 14.6 Å². The van der Waals surface area contributed by atoms with Gasteiger partial charge in [0.2, 0.25) is 0 Å². The van der Waals surface area contributed by atoms with E-state index in [1.54, 1.807) is 16.9 Å². The molecule has 0 saturated heterocycles. The predicted molar refractivity (Wildman–Crippen MR) is 50.0 cm³/mol. The van der Waals surface area contributed by atoms with Gasteiger partial charge in [-0.25, -0.2) is 4.79 Å². The Kier molecular flexibility index (Phi) is 3.64. The van der Waals surface area contributed by atoms with Crippen LogP contribution in [0.1, 0.15) is 12.6 Å². The molecule has 0 spiro atoms. The van der Waals surface area contributed by atoms with Crippen molar-refractivity contribution in [2.45, 2.75) is 26.0 Å². The first-order valence-electron chi connectivity index (χ1n) is 4.45. The summed E-state index contributed by atoms with van der Waals surface area (Å²) < 4.78 is 6.60. The Morgan fingerprint density at radius 1 is 1.79 bits per heavy atom. The molecule has 0 amide bonds. The normalized spacial score (nSPS) is 12.7. The first-order valence-corrected chi connectivity index (χ1v) is 4.45. The minimum absolute atomic E-state index is 0.347. The van der Waals surface area contributed by atoms with E-state index in [4.69, 9.17) is 9.84 Å². The van der Waals surface area contributed by atoms with Crippen LogP contribution in [0.4, 0.5) is 0 Å². The number of aliphatic carboxylic acids is 1. The van der Waals surface area contributed by atoms with Gasteiger partial charge in [0.1, 0.15) is 0 Å². The maximum absolute atomic E-state index is 10.7. The summed E-state index contributed by atoms with van der Waals surface area (Å²) in [4.78, 5) is 10.7. The molecule has 0 aliphatic rings. The average Bonchev–Trinajstić information content (AvgIpc) is 2.60. The average molecular weight is 198 g/mol. The second-order valence-electron chi connectivity index (χ2n) is 2.91. The van der Waals surface area contributed by atoms with Gasteiger partial charge in [-0.05, 0) is 13.0 Å². The molecule has 5 nitrogen and oxygen atoms in total. The molecule has 0 aromatic carbocycles. The Labute approximate surface area is 82.3 Å². The molecular formula is C9H14N2O3. The zero-order chi connectivity index (χ0) is 10.6. The first kappa shape index (κ1) is 10.7. The summed E-state index contributed by atoms with van der Waals surface area (Å²) in [6.45, 7) is 2.69. The van der Waals surface area contributed by atoms with Gasteiger partial charge in [-0.2, -0.15) is 5.10 Å². The number of nitrogens with zero attached hydrogens (tertiary/aromatic N) is 2. The van der Waals surface area contributed by atoms with Crippen LogP contribution >= 0.6 is 0 Å². The number of aryl methyl sites for hydroxylation is 1. The Morgan fingerprint density at radius 2 is 2.50 bits per heavy atom. The molecule has 5 heteroatoms. The lowest BCUT2D eigenvalue weighted by Crippen LogP contribution is -2.26. The van der Waals surface area contributed by atoms with Crippen LogP contribution in [-0.2, 0) is 22.5 Å². The first-order chi connectivity index (χ1) is 6.69. The zero-order valence-electron chi connectivity index (χ0n) is 8.30. The van der Waals surface area contributed by atoms with E-state index in [-0.39, 0.29) is 0 Å². The minimum Gasteiger partial charge on any atom is -0.479 e. The van der Waals surface area contributed by atoms with Gasteiger partial charge in [0.15, 0.2) is 6.10 Å². The van der Waals surface area contributed by atoms with Crippen LogP contribution in [0.15, 0.2) is 12.3 Å². The van der Waals surface area contributed by atoms with Crippen molar-refractivity contribution in [3.05, 3.63) is 18.0 Å². The van der Waals surface area contributed by atoms with E-state index in [1.807, 2.05) is 6.92 Å². The van der Waals surface area contributed by atoms with E-state index >= 15 is 0 Å². The van der Waals surface area contributed by atoms with Gasteiger partial charge in [0.05, 0.1) is 0 Å². The minimum atomic E-state index is -0.948. The highest BCUT2D eigenvalue weighted by Gasteiger charge is 2.18. The molecule has 0 saturated carbocycles. The molecule has 1 aromatic heterocycles. The fourth-order valence-corrected chi connectivity index (χ4v) is 1.28. The second-order valence-corrected chi connectivity index (χ2v) is 2.91. The number of rotatable bonds is 5. The summed E-state index contributed by atoms with van der Waals surface area (Å²) in [5, 5.41) is 12.8. The maximum atomic E-state index is 10.7. The quantitative estimate of drug-likeness (QED) is 0.750. The van der Waals surface area contributed by atoms with Crippen LogP contribution in [0.25, 0.3) is 0 Å². The summed E-state index contributed by atoms with van der Waals surface area (Å²) in [6.07, 6.45) is 1.21. The maximum Gasteiger partial charge on any atom is 0.333 e. The van der Waals surface area contributed by atoms with Crippen molar-refractivity contribution in [2.24, 2.45) is 0 Å². The predicted octanol–water partition coefficient (Wildman–Crippen LogP) is 0.545. The highest BCUT2D eigenvalue weighted by atomic mass is 16.5. The van der Waals surface area contributed by atoms with E-state index in [2.05, 4.69) is 5.10 Å². The molecule has 1 unspecified atom stereocenters. The molecule has 78 valence electrons. The number of methoxy groups -OCH3 is 1. The van der Waals surface area contributed by atoms with E-state index < -0.39 is 12.1 Å². The van der Waals surface area contributed by atoms with E-state index in [0.717, 1.165) is 12.2 Å². The summed E-state index contributed by atoms with van der Waals surface area (Å²) in [6, 6.07) is 1.80. The number of carboxylic acids is 1. The summed E-state index contributed by atoms with van der Waals surface area (Å²) >= 11 is 0. The molecule has 0 radical (unpaired) electrons. The van der Waals surface area contributed by atoms with Crippen molar-refractivity contribution in [3.8, 4) is 0 Å². The third-order valence-electron chi connectivity index (χ3n) is 2.06. The number of aromatic nitrogens is 2. The number of ether oxygens (including phenoxy) is 1. The van der Waals surface area contributed by atoms with Crippen LogP contribution in [0, 0.1) is 0 Å². The number of carboxylic acid groups (broad SMARTS) is 1. The monoisotopic (exact) mass is 198 g/mol. The van der Waals surface area contributed by atoms with Crippen molar-refractivity contribution >= 4 is 5.97 Å². The molecule has 0 aliphatic heterocycles. The van der Waals surface area contributed by atoms with Crippen molar-refractivity contribution in [1.29, 1.82) is 0 Å². The molecule has 1 atom stereocenters. The van der Waals surface area contributed by atoms with Gasteiger partial charge in [0, 0.05) is 32.0 Å². The lowest BCUT2D eigenvalue weighted by atomic mass is 10.2. The van der Waals surface area contributed by atoms with Gasteiger partial charge >= 0.3 is 5.97 Å². The van der Waals surface area contributed by atoms with Crippen LogP contribution in [0.5, 0.6) is 0 Å². The van der Waals surface area contributed by atoms with Gasteiger partial charge in [-0.3, -0.25) is 4.68 Å². The third kappa shape index (κ3) is 2.32. The van der Waals surface area contributed by atoms with Crippen LogP contribution in [0.2, 0.25) is 0 Å². The molecule has 1 N–H and O–H groups in total. The lowest BCUT2D eigenvalue weighted by Gasteiger charge is -2.10. The Balaban J connectivity index is 2.71. The smallest absolute Gasteiger partial charge is 0.333 e. The lowest BCUT2D eigenvalue weighted by molar-refractivity contribution is -0.148. The molecule has 14 heavy (non-hydrogen) atoms. The Bertz CT molecular complexity index is 309. The number of hydrogen-bond donors (Lipinski definition) is 1. The van der Waals surface area contributed by atoms with Gasteiger partial charge < -0.3 is 9.84 Å². The van der Waals surface area contributed by atoms with Crippen molar-refractivity contribution in [3.63, 3.8) is 0 Å². The number of carbonyl (C=O) groups is 1. The Hall–Kier alpha value is -1.36. The topological polar surface area (TPSA) is 64.4 Å². The van der Waals surface area contributed by atoms with E-state index in [9.17, 15) is 4.79 Å². The second kappa shape index (κ2) is 4.76. The molecule has 0 fully saturated rings. The van der Waals surface area contributed by atoms with Crippen LogP contribution in [0.3, 0.4) is 0 Å². The van der Waals surface area contributed by atoms with Gasteiger partial charge in [-0.1, -0.05) is 0 Å². The highest BCUT2D eigenvalue weighted by Crippen LogP contribution is 2.05. The van der Waals surface area contributed by atoms with Crippen LogP contribution < -0.4 is 0 Å². The largest absolute Gasteiger partial charge is 0.479 e. The van der Waals surface area contributed by atoms with E-state index in [0.29, 0.717) is 6.42 Å². The van der Waals surface area contributed by atoms with Crippen LogP contribution in [-0.4, -0.2) is 34.1 Å². The molecular weight excluding hydrogens is 184 g/mol. The van der Waals surface area contributed by atoms with Gasteiger partial charge in [-0.15, -0.1) is 0 Å². The number of hydrogen-bond acceptors (Lipinski definition) is 3. The molecule has 1 rings (SSSR count). The van der Waals surface area contributed by atoms with Crippen molar-refractivity contribution in [1.82, 2.24) is 9.78 Å².